The lowest BCUT2D eigenvalue weighted by atomic mass is 10.0. The van der Waals surface area contributed by atoms with Crippen LogP contribution >= 0.6 is 7.82 Å². The third-order valence-corrected chi connectivity index (χ3v) is 13.5. The van der Waals surface area contributed by atoms with Crippen molar-refractivity contribution in [1.82, 2.24) is 5.32 Å². The number of amides is 1. The zero-order chi connectivity index (χ0) is 57.2. The summed E-state index contributed by atoms with van der Waals surface area (Å²) in [5, 5.41) is 2.99. The summed E-state index contributed by atoms with van der Waals surface area (Å²) >= 11 is 0. The van der Waals surface area contributed by atoms with Crippen molar-refractivity contribution in [2.45, 2.75) is 232 Å². The van der Waals surface area contributed by atoms with Gasteiger partial charge in [0.25, 0.3) is 0 Å². The molecule has 0 radical (unpaired) electrons. The van der Waals surface area contributed by atoms with Crippen molar-refractivity contribution in [3.8, 4) is 0 Å². The van der Waals surface area contributed by atoms with Crippen molar-refractivity contribution in [1.29, 1.82) is 0 Å². The number of nitrogens with zero attached hydrogens (tertiary/aromatic N) is 1. The Hall–Kier alpha value is -4.11. The number of likely N-dealkylation sites (N-methyl/N-ethyl adjacent to an activating group) is 1. The van der Waals surface area contributed by atoms with Gasteiger partial charge in [0.2, 0.25) is 5.91 Å². The molecule has 78 heavy (non-hydrogen) atoms. The number of hydrogen-bond donors (Lipinski definition) is 2. The van der Waals surface area contributed by atoms with Crippen molar-refractivity contribution in [2.75, 3.05) is 40.9 Å². The molecule has 0 fully saturated rings. The van der Waals surface area contributed by atoms with Gasteiger partial charge in [-0.3, -0.25) is 18.6 Å². The first-order valence-corrected chi connectivity index (χ1v) is 32.2. The summed E-state index contributed by atoms with van der Waals surface area (Å²) in [6.07, 6.45) is 81.5. The van der Waals surface area contributed by atoms with Crippen molar-refractivity contribution >= 4 is 19.7 Å². The molecular formula is C68H114N2O7P+. The van der Waals surface area contributed by atoms with Crippen LogP contribution in [0.15, 0.2) is 146 Å². The number of rotatable bonds is 53. The molecule has 0 spiro atoms. The van der Waals surface area contributed by atoms with E-state index in [0.29, 0.717) is 23.9 Å². The Morgan fingerprint density at radius 1 is 0.462 bits per heavy atom. The van der Waals surface area contributed by atoms with Gasteiger partial charge in [0.1, 0.15) is 19.3 Å². The molecule has 0 heterocycles. The van der Waals surface area contributed by atoms with E-state index in [4.69, 9.17) is 13.8 Å². The first-order chi connectivity index (χ1) is 37.9. The van der Waals surface area contributed by atoms with Gasteiger partial charge >= 0.3 is 13.8 Å². The number of carbonyl (C=O) groups is 2. The van der Waals surface area contributed by atoms with Crippen molar-refractivity contribution in [3.63, 3.8) is 0 Å². The maximum absolute atomic E-state index is 13.5. The number of phosphoric ester groups is 1. The number of unbranched alkanes of at least 4 members (excludes halogenated alkanes) is 15. The first kappa shape index (κ1) is 73.9. The second kappa shape index (κ2) is 56.2. The summed E-state index contributed by atoms with van der Waals surface area (Å²) in [4.78, 5) is 37.7. The minimum atomic E-state index is -4.49. The largest absolute Gasteiger partial charge is 0.472 e. The summed E-state index contributed by atoms with van der Waals surface area (Å²) in [6, 6.07) is -0.910. The first-order valence-electron chi connectivity index (χ1n) is 30.7. The highest BCUT2D eigenvalue weighted by Gasteiger charge is 2.30. The third-order valence-electron chi connectivity index (χ3n) is 12.5. The van der Waals surface area contributed by atoms with E-state index in [-0.39, 0.29) is 37.9 Å². The smallest absolute Gasteiger partial charge is 0.456 e. The van der Waals surface area contributed by atoms with Crippen LogP contribution in [0.3, 0.4) is 0 Å². The van der Waals surface area contributed by atoms with Gasteiger partial charge in [0.15, 0.2) is 0 Å². The van der Waals surface area contributed by atoms with Gasteiger partial charge in [0.05, 0.1) is 33.8 Å². The van der Waals surface area contributed by atoms with Crippen molar-refractivity contribution in [3.05, 3.63) is 146 Å². The number of esters is 1. The van der Waals surface area contributed by atoms with Crippen LogP contribution < -0.4 is 5.32 Å². The molecule has 3 unspecified atom stereocenters. The van der Waals surface area contributed by atoms with Crippen LogP contribution in [0, 0.1) is 0 Å². The van der Waals surface area contributed by atoms with E-state index in [1.54, 1.807) is 0 Å². The molecule has 0 aliphatic carbocycles. The number of carbonyl (C=O) groups excluding carboxylic acids is 2. The fourth-order valence-electron chi connectivity index (χ4n) is 7.87. The molecule has 9 nitrogen and oxygen atoms in total. The summed E-state index contributed by atoms with van der Waals surface area (Å²) in [5.41, 5.74) is 0. The van der Waals surface area contributed by atoms with Crippen LogP contribution in [0.1, 0.15) is 220 Å². The molecule has 0 aromatic carbocycles. The van der Waals surface area contributed by atoms with Crippen LogP contribution in [0.2, 0.25) is 0 Å². The summed E-state index contributed by atoms with van der Waals surface area (Å²) in [5.74, 6) is -0.643. The number of nitrogens with one attached hydrogen (secondary N) is 1. The Labute approximate surface area is 478 Å². The molecule has 2 N–H and O–H groups in total. The zero-order valence-electron chi connectivity index (χ0n) is 50.3. The van der Waals surface area contributed by atoms with Gasteiger partial charge in [-0.15, -0.1) is 0 Å². The monoisotopic (exact) mass is 1100 g/mol. The lowest BCUT2D eigenvalue weighted by Gasteiger charge is -2.27. The fraction of sp³-hybridized carbons (Fsp3) is 0.618. The maximum Gasteiger partial charge on any atom is 0.472 e. The molecule has 0 aliphatic rings. The molecule has 0 aliphatic heterocycles. The number of hydrogen-bond acceptors (Lipinski definition) is 6. The van der Waals surface area contributed by atoms with Crippen LogP contribution in [0.4, 0.5) is 0 Å². The van der Waals surface area contributed by atoms with Gasteiger partial charge in [-0.2, -0.15) is 0 Å². The lowest BCUT2D eigenvalue weighted by molar-refractivity contribution is -0.870. The van der Waals surface area contributed by atoms with E-state index in [2.05, 4.69) is 148 Å². The van der Waals surface area contributed by atoms with E-state index in [9.17, 15) is 19.0 Å². The summed E-state index contributed by atoms with van der Waals surface area (Å²) < 4.78 is 30.6. The molecule has 0 saturated carbocycles. The maximum atomic E-state index is 13.5. The predicted molar refractivity (Wildman–Crippen MR) is 336 cm³/mol. The Morgan fingerprint density at radius 2 is 0.833 bits per heavy atom. The number of phosphoric acid groups is 1. The van der Waals surface area contributed by atoms with Gasteiger partial charge in [0, 0.05) is 12.8 Å². The molecule has 0 rings (SSSR count). The van der Waals surface area contributed by atoms with E-state index >= 15 is 0 Å². The van der Waals surface area contributed by atoms with Gasteiger partial charge in [-0.1, -0.05) is 238 Å². The highest BCUT2D eigenvalue weighted by atomic mass is 31.2. The molecule has 442 valence electrons. The topological polar surface area (TPSA) is 111 Å². The van der Waals surface area contributed by atoms with Gasteiger partial charge in [-0.25, -0.2) is 4.57 Å². The second-order valence-electron chi connectivity index (χ2n) is 21.1. The molecule has 1 amide bonds. The third kappa shape index (κ3) is 56.6. The molecular weight excluding hydrogens is 988 g/mol. The van der Waals surface area contributed by atoms with E-state index in [0.717, 1.165) is 116 Å². The van der Waals surface area contributed by atoms with E-state index in [1.165, 1.54) is 57.8 Å². The number of quaternary nitrogens is 1. The van der Waals surface area contributed by atoms with Crippen molar-refractivity contribution in [2.24, 2.45) is 0 Å². The van der Waals surface area contributed by atoms with Crippen LogP contribution in [-0.2, 0) is 27.9 Å². The van der Waals surface area contributed by atoms with Crippen LogP contribution in [0.25, 0.3) is 0 Å². The van der Waals surface area contributed by atoms with Crippen LogP contribution in [-0.4, -0.2) is 74.3 Å². The Bertz CT molecular complexity index is 1840. The van der Waals surface area contributed by atoms with E-state index in [1.807, 2.05) is 45.4 Å². The number of allylic oxidation sites excluding steroid dienone is 23. The van der Waals surface area contributed by atoms with Gasteiger partial charge < -0.3 is 19.4 Å². The lowest BCUT2D eigenvalue weighted by Crippen LogP contribution is -2.47. The summed E-state index contributed by atoms with van der Waals surface area (Å²) in [7, 11) is 1.41. The molecule has 0 bridgehead atoms. The quantitative estimate of drug-likeness (QED) is 0.0205. The fourth-order valence-corrected chi connectivity index (χ4v) is 8.61. The normalized spacial score (nSPS) is 14.7. The Morgan fingerprint density at radius 3 is 1.26 bits per heavy atom. The molecule has 3 atom stereocenters. The minimum absolute atomic E-state index is 0.0141. The Balaban J connectivity index is 5.44. The summed E-state index contributed by atoms with van der Waals surface area (Å²) in [6.45, 7) is 6.68. The average Bonchev–Trinajstić information content (AvgIpc) is 3.40. The average molecular weight is 1100 g/mol. The Kier molecular flexibility index (Phi) is 53.2. The van der Waals surface area contributed by atoms with Crippen molar-refractivity contribution < 1.29 is 37.3 Å². The number of ether oxygens (including phenoxy) is 1. The molecule has 10 heteroatoms. The zero-order valence-corrected chi connectivity index (χ0v) is 51.2. The predicted octanol–water partition coefficient (Wildman–Crippen LogP) is 19.0. The van der Waals surface area contributed by atoms with Gasteiger partial charge in [-0.05, 0) is 115 Å². The van der Waals surface area contributed by atoms with Crippen LogP contribution in [0.5, 0.6) is 0 Å². The minimum Gasteiger partial charge on any atom is -0.456 e. The molecule has 0 saturated heterocycles. The van der Waals surface area contributed by atoms with E-state index < -0.39 is 20.0 Å². The standard InChI is InChI=1S/C68H113N2O7P/c1-7-10-13-16-19-22-25-28-30-32-33-34-35-36-37-38-40-43-46-49-52-55-58-61-68(72)77-66(59-56-53-50-47-44-41-27-24-21-18-15-12-9-3)65(64-76-78(73,74)75-63-62-70(4,5)6)69-67(71)60-57-54-51-48-45-42-39-31-29-26-23-20-17-14-11-8-2/h10-11,13-14,19-20,22-23,28-31,33-34,36-37,40,42-43,45,51,54,56,59,65-66H,7-9,12,15-18,21,24-27,32,35,38-39,41,44,46-50,52-53,55,57-58,60-64H2,1-6H3,(H-,69,71,73,74)/p+1/b13-10-,14-11+,22-19-,23-20+,30-28-,31-29+,34-33-,37-36-,43-40-,45-42+,54-51+,59-56-. The SMILES string of the molecule is CC/C=C\C/C=C\C/C=C\C/C=C\C/C=C\C/C=C\CCCCCCC(=O)OC(/C=C\CCCCCCCCCCCCC)C(COP(=O)(O)OCC[N+](C)(C)C)NC(=O)CC/C=C/C/C=C/C/C=C/C/C=C/C/C=C/CC. The second-order valence-corrected chi connectivity index (χ2v) is 22.6. The highest BCUT2D eigenvalue weighted by Crippen LogP contribution is 2.43. The molecule has 0 aromatic heterocycles. The molecule has 0 aromatic rings. The highest BCUT2D eigenvalue weighted by molar-refractivity contribution is 7.47.